The van der Waals surface area contributed by atoms with Crippen LogP contribution in [0.5, 0.6) is 0 Å². The molecule has 1 nitrogen and oxygen atoms in total. The molecule has 2 rings (SSSR count). The first kappa shape index (κ1) is 12.9. The number of aryl methyl sites for hydroxylation is 1. The van der Waals surface area contributed by atoms with Crippen LogP contribution in [0.25, 0.3) is 5.70 Å². The zero-order chi connectivity index (χ0) is 12.8. The molecule has 0 aliphatic carbocycles. The van der Waals surface area contributed by atoms with Gasteiger partial charge in [-0.05, 0) is 24.5 Å². The maximum absolute atomic E-state index is 4.30. The van der Waals surface area contributed by atoms with Crippen molar-refractivity contribution in [3.05, 3.63) is 47.2 Å². The van der Waals surface area contributed by atoms with Gasteiger partial charge in [0.2, 0.25) is 0 Å². The number of benzene rings is 1. The average molecular weight is 239 g/mol. The molecule has 0 atom stereocenters. The van der Waals surface area contributed by atoms with Gasteiger partial charge in [0.15, 0.2) is 0 Å². The van der Waals surface area contributed by atoms with Crippen molar-refractivity contribution in [1.82, 2.24) is 0 Å². The SMILES string of the molecule is C=C=C1N=Cc2cc(CCCCCCC)ccc21. The largest absolute Gasteiger partial charge is 0.247 e. The molecule has 0 saturated carbocycles. The van der Waals surface area contributed by atoms with Gasteiger partial charge in [-0.2, -0.15) is 0 Å². The molecule has 18 heavy (non-hydrogen) atoms. The predicted molar refractivity (Wildman–Crippen MR) is 79.0 cm³/mol. The molecule has 1 aromatic rings. The third-order valence-electron chi connectivity index (χ3n) is 3.44. The molecule has 94 valence electrons. The summed E-state index contributed by atoms with van der Waals surface area (Å²) in [4.78, 5) is 4.30. The number of fused-ring (bicyclic) bond motifs is 1. The van der Waals surface area contributed by atoms with E-state index in [1.807, 2.05) is 6.21 Å². The highest BCUT2D eigenvalue weighted by molar-refractivity contribution is 5.97. The van der Waals surface area contributed by atoms with E-state index in [9.17, 15) is 0 Å². The second kappa shape index (κ2) is 6.37. The van der Waals surface area contributed by atoms with Gasteiger partial charge in [-0.3, -0.25) is 0 Å². The van der Waals surface area contributed by atoms with Crippen molar-refractivity contribution < 1.29 is 0 Å². The molecular weight excluding hydrogens is 218 g/mol. The highest BCUT2D eigenvalue weighted by atomic mass is 14.8. The van der Waals surface area contributed by atoms with Crippen LogP contribution >= 0.6 is 0 Å². The van der Waals surface area contributed by atoms with Gasteiger partial charge in [0, 0.05) is 17.3 Å². The van der Waals surface area contributed by atoms with Gasteiger partial charge in [-0.1, -0.05) is 51.3 Å². The van der Waals surface area contributed by atoms with E-state index in [4.69, 9.17) is 0 Å². The lowest BCUT2D eigenvalue weighted by Crippen LogP contribution is -1.90. The number of aliphatic imine (C=N–C) groups is 1. The standard InChI is InChI=1S/C17H21N/c1-3-5-6-7-8-9-14-10-11-16-15(12-14)13-18-17(16)4-2/h10-13H,2-3,5-9H2,1H3. The molecule has 0 saturated heterocycles. The summed E-state index contributed by atoms with van der Waals surface area (Å²) in [5, 5.41) is 0. The zero-order valence-corrected chi connectivity index (χ0v) is 11.2. The van der Waals surface area contributed by atoms with E-state index in [1.165, 1.54) is 55.2 Å². The normalized spacial score (nSPS) is 12.6. The first-order valence-corrected chi connectivity index (χ1v) is 6.92. The van der Waals surface area contributed by atoms with Crippen LogP contribution in [0.4, 0.5) is 0 Å². The van der Waals surface area contributed by atoms with Crippen LogP contribution in [0.15, 0.2) is 35.5 Å². The predicted octanol–water partition coefficient (Wildman–Crippen LogP) is 4.76. The molecule has 0 aromatic heterocycles. The van der Waals surface area contributed by atoms with Crippen LogP contribution in [0, 0.1) is 0 Å². The Kier molecular flexibility index (Phi) is 4.55. The lowest BCUT2D eigenvalue weighted by Gasteiger charge is -2.04. The maximum Gasteiger partial charge on any atom is 0.112 e. The summed E-state index contributed by atoms with van der Waals surface area (Å²) >= 11 is 0. The minimum atomic E-state index is 0.875. The Bertz CT molecular complexity index is 490. The van der Waals surface area contributed by atoms with Crippen molar-refractivity contribution >= 4 is 11.9 Å². The van der Waals surface area contributed by atoms with Crippen molar-refractivity contribution in [2.75, 3.05) is 0 Å². The molecule has 0 unspecified atom stereocenters. The number of nitrogens with zero attached hydrogens (tertiary/aromatic N) is 1. The van der Waals surface area contributed by atoms with Crippen LogP contribution in [0.1, 0.15) is 55.7 Å². The summed E-state index contributed by atoms with van der Waals surface area (Å²) in [6, 6.07) is 6.62. The van der Waals surface area contributed by atoms with E-state index < -0.39 is 0 Å². The zero-order valence-electron chi connectivity index (χ0n) is 11.2. The van der Waals surface area contributed by atoms with E-state index in [0.717, 1.165) is 5.70 Å². The van der Waals surface area contributed by atoms with Gasteiger partial charge in [0.05, 0.1) is 0 Å². The van der Waals surface area contributed by atoms with Gasteiger partial charge < -0.3 is 0 Å². The summed E-state index contributed by atoms with van der Waals surface area (Å²) in [6.45, 7) is 5.92. The molecule has 1 aromatic carbocycles. The Morgan fingerprint density at radius 2 is 2.00 bits per heavy atom. The van der Waals surface area contributed by atoms with Crippen LogP contribution < -0.4 is 0 Å². The molecule has 0 radical (unpaired) electrons. The second-order valence-corrected chi connectivity index (χ2v) is 4.87. The first-order chi connectivity index (χ1) is 8.85. The molecule has 1 heteroatoms. The average Bonchev–Trinajstić information content (AvgIpc) is 2.80. The van der Waals surface area contributed by atoms with Gasteiger partial charge in [-0.25, -0.2) is 4.99 Å². The van der Waals surface area contributed by atoms with Gasteiger partial charge in [0.25, 0.3) is 0 Å². The number of rotatable bonds is 6. The lowest BCUT2D eigenvalue weighted by atomic mass is 10.0. The molecule has 1 aliphatic heterocycles. The van der Waals surface area contributed by atoms with E-state index in [1.54, 1.807) is 0 Å². The fraction of sp³-hybridized carbons (Fsp3) is 0.412. The highest BCUT2D eigenvalue weighted by Gasteiger charge is 2.11. The summed E-state index contributed by atoms with van der Waals surface area (Å²) in [7, 11) is 0. The van der Waals surface area contributed by atoms with E-state index in [-0.39, 0.29) is 0 Å². The number of hydrogen-bond acceptors (Lipinski definition) is 1. The van der Waals surface area contributed by atoms with Crippen molar-refractivity contribution in [1.29, 1.82) is 0 Å². The Morgan fingerprint density at radius 1 is 1.17 bits per heavy atom. The minimum absolute atomic E-state index is 0.875. The van der Waals surface area contributed by atoms with E-state index in [2.05, 4.69) is 42.4 Å². The van der Waals surface area contributed by atoms with E-state index >= 15 is 0 Å². The van der Waals surface area contributed by atoms with Crippen molar-refractivity contribution in [2.24, 2.45) is 4.99 Å². The fourth-order valence-corrected chi connectivity index (χ4v) is 2.37. The summed E-state index contributed by atoms with van der Waals surface area (Å²) in [5.74, 6) is 0. The van der Waals surface area contributed by atoms with E-state index in [0.29, 0.717) is 0 Å². The minimum Gasteiger partial charge on any atom is -0.247 e. The molecule has 0 bridgehead atoms. The van der Waals surface area contributed by atoms with Crippen LogP contribution in [-0.4, -0.2) is 6.21 Å². The van der Waals surface area contributed by atoms with Crippen molar-refractivity contribution in [3.8, 4) is 0 Å². The van der Waals surface area contributed by atoms with Crippen molar-refractivity contribution in [3.63, 3.8) is 0 Å². The van der Waals surface area contributed by atoms with Crippen LogP contribution in [0.3, 0.4) is 0 Å². The van der Waals surface area contributed by atoms with Crippen LogP contribution in [0.2, 0.25) is 0 Å². The smallest absolute Gasteiger partial charge is 0.112 e. The van der Waals surface area contributed by atoms with Crippen molar-refractivity contribution in [2.45, 2.75) is 45.4 Å². The molecule has 0 amide bonds. The Hall–Kier alpha value is -1.59. The molecule has 0 fully saturated rings. The second-order valence-electron chi connectivity index (χ2n) is 4.87. The molecule has 1 aliphatic rings. The summed E-state index contributed by atoms with van der Waals surface area (Å²) < 4.78 is 0. The fourth-order valence-electron chi connectivity index (χ4n) is 2.37. The molecule has 0 N–H and O–H groups in total. The Labute approximate surface area is 110 Å². The topological polar surface area (TPSA) is 12.4 Å². The highest BCUT2D eigenvalue weighted by Crippen LogP contribution is 2.25. The number of hydrogen-bond donors (Lipinski definition) is 0. The van der Waals surface area contributed by atoms with Gasteiger partial charge in [0.1, 0.15) is 5.70 Å². The molecular formula is C17H21N. The Morgan fingerprint density at radius 3 is 2.78 bits per heavy atom. The lowest BCUT2D eigenvalue weighted by molar-refractivity contribution is 0.632. The maximum atomic E-state index is 4.30. The third kappa shape index (κ3) is 3.00. The third-order valence-corrected chi connectivity index (χ3v) is 3.44. The van der Waals surface area contributed by atoms with Gasteiger partial charge in [-0.15, -0.1) is 5.73 Å². The summed E-state index contributed by atoms with van der Waals surface area (Å²) in [6.07, 6.45) is 9.78. The van der Waals surface area contributed by atoms with Crippen LogP contribution in [-0.2, 0) is 6.42 Å². The first-order valence-electron chi connectivity index (χ1n) is 6.92. The molecule has 1 heterocycles. The molecule has 0 spiro atoms. The Balaban J connectivity index is 1.92. The monoisotopic (exact) mass is 239 g/mol. The summed E-state index contributed by atoms with van der Waals surface area (Å²) in [5.41, 5.74) is 7.55. The quantitative estimate of drug-likeness (QED) is 0.501. The van der Waals surface area contributed by atoms with Gasteiger partial charge >= 0.3 is 0 Å². The number of unbranched alkanes of at least 4 members (excludes halogenated alkanes) is 4.